The van der Waals surface area contributed by atoms with Gasteiger partial charge in [-0.25, -0.2) is 0 Å². The number of halogens is 2. The maximum atomic E-state index is 12.7. The number of aromatic amines is 1. The number of H-pyrrole nitrogens is 1. The molecule has 0 amide bonds. The molecule has 3 rings (SSSR count). The molecular formula is C16H14F2N4OS. The fraction of sp³-hybridized carbons (Fsp3) is 0.188. The SMILES string of the molecule is CCc1n[nH]c(=S)n1/N=C\c1c(OC(F)F)ccc2ccccc12. The van der Waals surface area contributed by atoms with Crippen LogP contribution in [0.2, 0.25) is 0 Å². The second-order valence-electron chi connectivity index (χ2n) is 4.93. The molecule has 0 atom stereocenters. The third-order valence-electron chi connectivity index (χ3n) is 3.48. The van der Waals surface area contributed by atoms with E-state index in [-0.39, 0.29) is 5.75 Å². The van der Waals surface area contributed by atoms with Crippen LogP contribution >= 0.6 is 12.2 Å². The molecule has 2 aromatic carbocycles. The fourth-order valence-corrected chi connectivity index (χ4v) is 2.59. The standard InChI is InChI=1S/C16H14F2N4OS/c1-2-14-20-21-16(24)22(14)19-9-12-11-6-4-3-5-10(11)7-8-13(12)23-15(17)18/h3-9,15H,2H2,1H3,(H,21,24)/b19-9-. The van der Waals surface area contributed by atoms with Gasteiger partial charge < -0.3 is 4.74 Å². The largest absolute Gasteiger partial charge is 0.434 e. The molecule has 5 nitrogen and oxygen atoms in total. The third-order valence-corrected chi connectivity index (χ3v) is 3.75. The molecule has 124 valence electrons. The van der Waals surface area contributed by atoms with Crippen LogP contribution in [0.15, 0.2) is 41.5 Å². The van der Waals surface area contributed by atoms with Gasteiger partial charge in [-0.05, 0) is 29.1 Å². The number of benzene rings is 2. The maximum absolute atomic E-state index is 12.7. The Morgan fingerprint density at radius 3 is 2.88 bits per heavy atom. The Morgan fingerprint density at radius 1 is 1.33 bits per heavy atom. The van der Waals surface area contributed by atoms with Crippen molar-refractivity contribution in [3.05, 3.63) is 52.6 Å². The molecule has 0 radical (unpaired) electrons. The van der Waals surface area contributed by atoms with E-state index in [0.29, 0.717) is 22.6 Å². The number of aromatic nitrogens is 3. The molecule has 0 aliphatic heterocycles. The minimum absolute atomic E-state index is 0.0560. The van der Waals surface area contributed by atoms with E-state index in [4.69, 9.17) is 12.2 Å². The van der Waals surface area contributed by atoms with Crippen LogP contribution in [0.4, 0.5) is 8.78 Å². The molecule has 3 aromatic rings. The summed E-state index contributed by atoms with van der Waals surface area (Å²) in [4.78, 5) is 0. The molecule has 0 bridgehead atoms. The number of rotatable bonds is 5. The van der Waals surface area contributed by atoms with Crippen molar-refractivity contribution >= 4 is 29.2 Å². The van der Waals surface area contributed by atoms with Crippen molar-refractivity contribution in [3.63, 3.8) is 0 Å². The summed E-state index contributed by atoms with van der Waals surface area (Å²) >= 11 is 5.13. The van der Waals surface area contributed by atoms with Crippen LogP contribution in [-0.2, 0) is 6.42 Å². The molecular weight excluding hydrogens is 334 g/mol. The van der Waals surface area contributed by atoms with E-state index in [9.17, 15) is 8.78 Å². The van der Waals surface area contributed by atoms with Crippen molar-refractivity contribution < 1.29 is 13.5 Å². The quantitative estimate of drug-likeness (QED) is 0.557. The van der Waals surface area contributed by atoms with Crippen LogP contribution in [-0.4, -0.2) is 27.7 Å². The summed E-state index contributed by atoms with van der Waals surface area (Å²) < 4.78 is 31.8. The lowest BCUT2D eigenvalue weighted by molar-refractivity contribution is -0.0498. The van der Waals surface area contributed by atoms with E-state index in [1.165, 1.54) is 17.0 Å². The predicted octanol–water partition coefficient (Wildman–Crippen LogP) is 4.14. The van der Waals surface area contributed by atoms with E-state index in [2.05, 4.69) is 20.0 Å². The molecule has 1 N–H and O–H groups in total. The summed E-state index contributed by atoms with van der Waals surface area (Å²) in [5.74, 6) is 0.702. The van der Waals surface area contributed by atoms with Crippen molar-refractivity contribution in [2.75, 3.05) is 0 Å². The summed E-state index contributed by atoms with van der Waals surface area (Å²) in [6, 6.07) is 10.6. The van der Waals surface area contributed by atoms with Gasteiger partial charge in [0.1, 0.15) is 5.75 Å². The van der Waals surface area contributed by atoms with Gasteiger partial charge in [0.15, 0.2) is 5.82 Å². The van der Waals surface area contributed by atoms with E-state index in [1.54, 1.807) is 6.07 Å². The minimum Gasteiger partial charge on any atom is -0.434 e. The maximum Gasteiger partial charge on any atom is 0.387 e. The van der Waals surface area contributed by atoms with Crippen LogP contribution in [0.5, 0.6) is 5.75 Å². The first kappa shape index (κ1) is 16.3. The highest BCUT2D eigenvalue weighted by atomic mass is 32.1. The molecule has 8 heteroatoms. The number of hydrogen-bond donors (Lipinski definition) is 1. The van der Waals surface area contributed by atoms with Crippen LogP contribution in [0.3, 0.4) is 0 Å². The molecule has 1 aromatic heterocycles. The highest BCUT2D eigenvalue weighted by Crippen LogP contribution is 2.28. The zero-order chi connectivity index (χ0) is 17.1. The average molecular weight is 348 g/mol. The second kappa shape index (κ2) is 6.88. The van der Waals surface area contributed by atoms with Gasteiger partial charge in [0.25, 0.3) is 0 Å². The minimum atomic E-state index is -2.92. The van der Waals surface area contributed by atoms with Gasteiger partial charge in [0.05, 0.1) is 6.21 Å². The molecule has 0 aliphatic carbocycles. The fourth-order valence-electron chi connectivity index (χ4n) is 2.40. The van der Waals surface area contributed by atoms with Crippen molar-refractivity contribution in [1.29, 1.82) is 0 Å². The van der Waals surface area contributed by atoms with Gasteiger partial charge in [-0.15, -0.1) is 0 Å². The Morgan fingerprint density at radius 2 is 2.12 bits per heavy atom. The Labute approximate surface area is 141 Å². The van der Waals surface area contributed by atoms with Gasteiger partial charge in [0, 0.05) is 12.0 Å². The lowest BCUT2D eigenvalue weighted by atomic mass is 10.0. The first-order valence-corrected chi connectivity index (χ1v) is 7.68. The Hall–Kier alpha value is -2.61. The highest BCUT2D eigenvalue weighted by Gasteiger charge is 2.12. The first-order valence-electron chi connectivity index (χ1n) is 7.27. The van der Waals surface area contributed by atoms with Crippen LogP contribution < -0.4 is 4.74 Å². The van der Waals surface area contributed by atoms with Crippen LogP contribution in [0.1, 0.15) is 18.3 Å². The highest BCUT2D eigenvalue weighted by molar-refractivity contribution is 7.71. The number of fused-ring (bicyclic) bond motifs is 1. The van der Waals surface area contributed by atoms with E-state index in [0.717, 1.165) is 10.8 Å². The number of nitrogens with one attached hydrogen (secondary N) is 1. The first-order chi connectivity index (χ1) is 11.6. The number of nitrogens with zero attached hydrogens (tertiary/aromatic N) is 3. The summed E-state index contributed by atoms with van der Waals surface area (Å²) in [5.41, 5.74) is 0.457. The molecule has 1 heterocycles. The monoisotopic (exact) mass is 348 g/mol. The number of alkyl halides is 2. The van der Waals surface area contributed by atoms with Gasteiger partial charge in [0.2, 0.25) is 4.77 Å². The zero-order valence-electron chi connectivity index (χ0n) is 12.7. The van der Waals surface area contributed by atoms with E-state index < -0.39 is 6.61 Å². The van der Waals surface area contributed by atoms with Crippen LogP contribution in [0.25, 0.3) is 10.8 Å². The third kappa shape index (κ3) is 3.18. The van der Waals surface area contributed by atoms with E-state index in [1.807, 2.05) is 31.2 Å². The van der Waals surface area contributed by atoms with Crippen molar-refractivity contribution in [3.8, 4) is 5.75 Å². The predicted molar refractivity (Wildman–Crippen MR) is 90.4 cm³/mol. The topological polar surface area (TPSA) is 55.2 Å². The molecule has 0 saturated heterocycles. The van der Waals surface area contributed by atoms with Crippen molar-refractivity contribution in [2.24, 2.45) is 5.10 Å². The Kier molecular flexibility index (Phi) is 4.66. The van der Waals surface area contributed by atoms with Gasteiger partial charge in [-0.3, -0.25) is 5.10 Å². The molecule has 24 heavy (non-hydrogen) atoms. The summed E-state index contributed by atoms with van der Waals surface area (Å²) in [7, 11) is 0. The lowest BCUT2D eigenvalue weighted by Gasteiger charge is -2.10. The van der Waals surface area contributed by atoms with Crippen LogP contribution in [0, 0.1) is 4.77 Å². The number of hydrogen-bond acceptors (Lipinski definition) is 4. The van der Waals surface area contributed by atoms with Gasteiger partial charge in [-0.2, -0.15) is 23.7 Å². The second-order valence-corrected chi connectivity index (χ2v) is 5.32. The van der Waals surface area contributed by atoms with Crippen molar-refractivity contribution in [2.45, 2.75) is 20.0 Å². The summed E-state index contributed by atoms with van der Waals surface area (Å²) in [6.07, 6.45) is 2.09. The average Bonchev–Trinajstić information content (AvgIpc) is 2.93. The zero-order valence-corrected chi connectivity index (χ0v) is 13.6. The van der Waals surface area contributed by atoms with Gasteiger partial charge in [-0.1, -0.05) is 37.3 Å². The number of aryl methyl sites for hydroxylation is 1. The smallest absolute Gasteiger partial charge is 0.387 e. The van der Waals surface area contributed by atoms with Crippen molar-refractivity contribution in [1.82, 2.24) is 14.9 Å². The van der Waals surface area contributed by atoms with E-state index >= 15 is 0 Å². The summed E-state index contributed by atoms with van der Waals surface area (Å²) in [6.45, 7) is -0.999. The Bertz CT molecular complexity index is 949. The molecule has 0 unspecified atom stereocenters. The van der Waals surface area contributed by atoms with Gasteiger partial charge >= 0.3 is 6.61 Å². The molecule has 0 aliphatic rings. The molecule has 0 fully saturated rings. The molecule has 0 spiro atoms. The lowest BCUT2D eigenvalue weighted by Crippen LogP contribution is -2.05. The number of ether oxygens (including phenoxy) is 1. The summed E-state index contributed by atoms with van der Waals surface area (Å²) in [5, 5.41) is 12.7. The molecule has 0 saturated carbocycles. The normalized spacial score (nSPS) is 11.7. The Balaban J connectivity index is 2.14.